The predicted octanol–water partition coefficient (Wildman–Crippen LogP) is 1.21. The molecule has 1 heterocycles. The van der Waals surface area contributed by atoms with Gasteiger partial charge in [0.05, 0.1) is 6.10 Å². The van der Waals surface area contributed by atoms with Gasteiger partial charge in [-0.1, -0.05) is 13.8 Å². The summed E-state index contributed by atoms with van der Waals surface area (Å²) in [5.74, 6) is -0.389. The van der Waals surface area contributed by atoms with E-state index >= 15 is 0 Å². The summed E-state index contributed by atoms with van der Waals surface area (Å²) in [6.45, 7) is 7.80. The van der Waals surface area contributed by atoms with Crippen LogP contribution in [0.5, 0.6) is 0 Å². The van der Waals surface area contributed by atoms with Crippen molar-refractivity contribution in [2.45, 2.75) is 40.2 Å². The molecule has 0 spiro atoms. The SMILES string of the molecule is Cc1ccc(C(=O)NCC(C)(C)CC(C)O)c(=O)[nH]1. The highest BCUT2D eigenvalue weighted by Crippen LogP contribution is 2.21. The maximum Gasteiger partial charge on any atom is 0.260 e. The van der Waals surface area contributed by atoms with Crippen LogP contribution in [0.3, 0.4) is 0 Å². The maximum absolute atomic E-state index is 11.9. The van der Waals surface area contributed by atoms with Crippen molar-refractivity contribution in [3.63, 3.8) is 0 Å². The minimum Gasteiger partial charge on any atom is -0.393 e. The first-order valence-electron chi connectivity index (χ1n) is 6.37. The predicted molar refractivity (Wildman–Crippen MR) is 74.2 cm³/mol. The highest BCUT2D eigenvalue weighted by molar-refractivity contribution is 5.93. The molecule has 1 unspecified atom stereocenters. The van der Waals surface area contributed by atoms with Gasteiger partial charge in [0.15, 0.2) is 0 Å². The first kappa shape index (κ1) is 15.4. The first-order valence-corrected chi connectivity index (χ1v) is 6.37. The van der Waals surface area contributed by atoms with Crippen LogP contribution in [0, 0.1) is 12.3 Å². The van der Waals surface area contributed by atoms with E-state index < -0.39 is 6.10 Å². The molecule has 0 aliphatic carbocycles. The Hall–Kier alpha value is -1.62. The second-order valence-corrected chi connectivity index (χ2v) is 5.78. The van der Waals surface area contributed by atoms with Crippen molar-refractivity contribution in [1.29, 1.82) is 0 Å². The molecule has 3 N–H and O–H groups in total. The molecule has 0 radical (unpaired) electrons. The Morgan fingerprint density at radius 1 is 1.47 bits per heavy atom. The summed E-state index contributed by atoms with van der Waals surface area (Å²) < 4.78 is 0. The Bertz CT molecular complexity index is 504. The first-order chi connectivity index (χ1) is 8.71. The van der Waals surface area contributed by atoms with E-state index in [4.69, 9.17) is 0 Å². The minimum atomic E-state index is -0.422. The zero-order chi connectivity index (χ0) is 14.6. The second-order valence-electron chi connectivity index (χ2n) is 5.78. The molecule has 106 valence electrons. The summed E-state index contributed by atoms with van der Waals surface area (Å²) in [5, 5.41) is 12.1. The van der Waals surface area contributed by atoms with Gasteiger partial charge in [-0.25, -0.2) is 0 Å². The second kappa shape index (κ2) is 6.02. The molecule has 1 aromatic heterocycles. The summed E-state index contributed by atoms with van der Waals surface area (Å²) >= 11 is 0. The van der Waals surface area contributed by atoms with Crippen molar-refractivity contribution in [3.8, 4) is 0 Å². The van der Waals surface area contributed by atoms with Gasteiger partial charge in [-0.2, -0.15) is 0 Å². The molecule has 0 fully saturated rings. The maximum atomic E-state index is 11.9. The molecule has 1 atom stereocenters. The van der Waals surface area contributed by atoms with Gasteiger partial charge < -0.3 is 15.4 Å². The number of aliphatic hydroxyl groups excluding tert-OH is 1. The van der Waals surface area contributed by atoms with Crippen LogP contribution in [0.4, 0.5) is 0 Å². The topological polar surface area (TPSA) is 82.2 Å². The number of carbonyl (C=O) groups excluding carboxylic acids is 1. The van der Waals surface area contributed by atoms with E-state index in [1.165, 1.54) is 6.07 Å². The van der Waals surface area contributed by atoms with Gasteiger partial charge in [-0.3, -0.25) is 9.59 Å². The number of aromatic amines is 1. The van der Waals surface area contributed by atoms with Crippen molar-refractivity contribution in [1.82, 2.24) is 10.3 Å². The molecule has 1 amide bonds. The average Bonchev–Trinajstić information content (AvgIpc) is 2.24. The fourth-order valence-corrected chi connectivity index (χ4v) is 2.04. The fraction of sp³-hybridized carbons (Fsp3) is 0.571. The minimum absolute atomic E-state index is 0.110. The van der Waals surface area contributed by atoms with Crippen molar-refractivity contribution < 1.29 is 9.90 Å². The molecule has 0 bridgehead atoms. The molecule has 1 rings (SSSR count). The number of pyridine rings is 1. The quantitative estimate of drug-likeness (QED) is 0.749. The zero-order valence-electron chi connectivity index (χ0n) is 11.9. The van der Waals surface area contributed by atoms with E-state index in [9.17, 15) is 14.7 Å². The normalized spacial score (nSPS) is 13.1. The molecular formula is C14H22N2O3. The van der Waals surface area contributed by atoms with Gasteiger partial charge in [0, 0.05) is 12.2 Å². The van der Waals surface area contributed by atoms with E-state index in [0.29, 0.717) is 13.0 Å². The number of aromatic nitrogens is 1. The van der Waals surface area contributed by atoms with Crippen LogP contribution in [-0.4, -0.2) is 28.6 Å². The van der Waals surface area contributed by atoms with Crippen molar-refractivity contribution in [3.05, 3.63) is 33.7 Å². The molecule has 0 aliphatic rings. The van der Waals surface area contributed by atoms with Crippen LogP contribution >= 0.6 is 0 Å². The van der Waals surface area contributed by atoms with Crippen molar-refractivity contribution in [2.75, 3.05) is 6.54 Å². The molecule has 0 aliphatic heterocycles. The van der Waals surface area contributed by atoms with Gasteiger partial charge in [0.25, 0.3) is 11.5 Å². The highest BCUT2D eigenvalue weighted by Gasteiger charge is 2.22. The summed E-state index contributed by atoms with van der Waals surface area (Å²) in [7, 11) is 0. The highest BCUT2D eigenvalue weighted by atomic mass is 16.3. The number of hydrogen-bond acceptors (Lipinski definition) is 3. The smallest absolute Gasteiger partial charge is 0.260 e. The fourth-order valence-electron chi connectivity index (χ4n) is 2.04. The van der Waals surface area contributed by atoms with Crippen LogP contribution in [0.2, 0.25) is 0 Å². The van der Waals surface area contributed by atoms with Gasteiger partial charge in [0.2, 0.25) is 0 Å². The lowest BCUT2D eigenvalue weighted by Gasteiger charge is -2.26. The van der Waals surface area contributed by atoms with Crippen LogP contribution < -0.4 is 10.9 Å². The lowest BCUT2D eigenvalue weighted by molar-refractivity contribution is 0.0900. The number of nitrogens with one attached hydrogen (secondary N) is 2. The molecule has 1 aromatic rings. The average molecular weight is 266 g/mol. The van der Waals surface area contributed by atoms with Crippen LogP contribution in [0.25, 0.3) is 0 Å². The summed E-state index contributed by atoms with van der Waals surface area (Å²) in [6, 6.07) is 3.21. The van der Waals surface area contributed by atoms with E-state index in [0.717, 1.165) is 5.69 Å². The Morgan fingerprint density at radius 3 is 2.63 bits per heavy atom. The third-order valence-electron chi connectivity index (χ3n) is 2.88. The molecule has 5 heteroatoms. The Kier molecular flexibility index (Phi) is 4.89. The summed E-state index contributed by atoms with van der Waals surface area (Å²) in [6.07, 6.45) is 0.159. The number of H-pyrrole nitrogens is 1. The third-order valence-corrected chi connectivity index (χ3v) is 2.88. The summed E-state index contributed by atoms with van der Waals surface area (Å²) in [4.78, 5) is 26.1. The monoisotopic (exact) mass is 266 g/mol. The Labute approximate surface area is 113 Å². The lowest BCUT2D eigenvalue weighted by Crippen LogP contribution is -2.37. The van der Waals surface area contributed by atoms with E-state index in [1.807, 2.05) is 13.8 Å². The number of rotatable bonds is 5. The zero-order valence-corrected chi connectivity index (χ0v) is 11.9. The number of hydrogen-bond donors (Lipinski definition) is 3. The number of aryl methyl sites for hydroxylation is 1. The van der Waals surface area contributed by atoms with Gasteiger partial charge in [0.1, 0.15) is 5.56 Å². The Morgan fingerprint density at radius 2 is 2.11 bits per heavy atom. The number of amides is 1. The Balaban J connectivity index is 2.68. The largest absolute Gasteiger partial charge is 0.393 e. The van der Waals surface area contributed by atoms with Crippen LogP contribution in [0.15, 0.2) is 16.9 Å². The van der Waals surface area contributed by atoms with Gasteiger partial charge in [-0.05, 0) is 37.8 Å². The van der Waals surface area contributed by atoms with Crippen molar-refractivity contribution >= 4 is 5.91 Å². The van der Waals surface area contributed by atoms with E-state index in [1.54, 1.807) is 19.9 Å². The van der Waals surface area contributed by atoms with Gasteiger partial charge >= 0.3 is 0 Å². The van der Waals surface area contributed by atoms with Crippen molar-refractivity contribution in [2.24, 2.45) is 5.41 Å². The third kappa shape index (κ3) is 4.87. The van der Waals surface area contributed by atoms with E-state index in [-0.39, 0.29) is 22.4 Å². The lowest BCUT2D eigenvalue weighted by atomic mass is 9.87. The molecular weight excluding hydrogens is 244 g/mol. The molecule has 19 heavy (non-hydrogen) atoms. The van der Waals surface area contributed by atoms with Crippen LogP contribution in [-0.2, 0) is 0 Å². The summed E-state index contributed by atoms with van der Waals surface area (Å²) in [5.41, 5.74) is 0.224. The molecule has 0 aromatic carbocycles. The standard InChI is InChI=1S/C14H22N2O3/c1-9-5-6-11(13(19)16-9)12(18)15-8-14(3,4)7-10(2)17/h5-6,10,17H,7-8H2,1-4H3,(H,15,18)(H,16,19). The van der Waals surface area contributed by atoms with Crippen LogP contribution in [0.1, 0.15) is 43.2 Å². The molecule has 5 nitrogen and oxygen atoms in total. The molecule has 0 saturated heterocycles. The number of carbonyl (C=O) groups is 1. The van der Waals surface area contributed by atoms with E-state index in [2.05, 4.69) is 10.3 Å². The molecule has 0 saturated carbocycles. The van der Waals surface area contributed by atoms with Gasteiger partial charge in [-0.15, -0.1) is 0 Å². The number of aliphatic hydroxyl groups is 1.